The van der Waals surface area contributed by atoms with Gasteiger partial charge in [0.05, 0.1) is 5.02 Å². The first-order valence-electron chi connectivity index (χ1n) is 6.79. The molecule has 0 saturated heterocycles. The number of benzene rings is 1. The van der Waals surface area contributed by atoms with Gasteiger partial charge in [-0.2, -0.15) is 0 Å². The molecule has 0 atom stereocenters. The Morgan fingerprint density at radius 1 is 1.33 bits per heavy atom. The van der Waals surface area contributed by atoms with Crippen molar-refractivity contribution in [1.29, 1.82) is 0 Å². The van der Waals surface area contributed by atoms with Gasteiger partial charge in [-0.15, -0.1) is 0 Å². The summed E-state index contributed by atoms with van der Waals surface area (Å²) in [6.07, 6.45) is 0.855. The van der Waals surface area contributed by atoms with Gasteiger partial charge in [0.15, 0.2) is 0 Å². The number of nitrogens with one attached hydrogen (secondary N) is 2. The van der Waals surface area contributed by atoms with Gasteiger partial charge < -0.3 is 15.2 Å². The van der Waals surface area contributed by atoms with Crippen LogP contribution in [-0.4, -0.2) is 31.2 Å². The molecule has 0 radical (unpaired) electrons. The Bertz CT molecular complexity index is 625. The second-order valence-electron chi connectivity index (χ2n) is 4.66. The highest BCUT2D eigenvalue weighted by Crippen LogP contribution is 2.30. The first-order chi connectivity index (χ1) is 10.1. The fourth-order valence-corrected chi connectivity index (χ4v) is 2.26. The van der Waals surface area contributed by atoms with Crippen LogP contribution < -0.4 is 10.6 Å². The van der Waals surface area contributed by atoms with Crippen LogP contribution in [0.5, 0.6) is 0 Å². The molecule has 1 heterocycles. The molecule has 2 rings (SSSR count). The van der Waals surface area contributed by atoms with Gasteiger partial charge in [-0.3, -0.25) is 4.79 Å². The quantitative estimate of drug-likeness (QED) is 0.805. The van der Waals surface area contributed by atoms with Gasteiger partial charge in [0.2, 0.25) is 0 Å². The minimum atomic E-state index is -0.195. The first kappa shape index (κ1) is 15.5. The molecule has 2 aromatic rings. The van der Waals surface area contributed by atoms with Crippen molar-refractivity contribution < 1.29 is 9.32 Å². The molecule has 0 fully saturated rings. The van der Waals surface area contributed by atoms with E-state index >= 15 is 0 Å². The van der Waals surface area contributed by atoms with Gasteiger partial charge >= 0.3 is 0 Å². The fourth-order valence-electron chi connectivity index (χ4n) is 2.03. The van der Waals surface area contributed by atoms with E-state index in [1.165, 1.54) is 0 Å². The molecule has 0 unspecified atom stereocenters. The number of aromatic nitrogens is 1. The Balaban J connectivity index is 2.22. The predicted molar refractivity (Wildman–Crippen MR) is 82.6 cm³/mol. The number of carbonyl (C=O) groups is 1. The zero-order chi connectivity index (χ0) is 15.2. The normalized spacial score (nSPS) is 10.6. The smallest absolute Gasteiger partial charge is 0.257 e. The van der Waals surface area contributed by atoms with Crippen LogP contribution in [-0.2, 0) is 0 Å². The monoisotopic (exact) mass is 307 g/mol. The molecule has 1 aromatic heterocycles. The van der Waals surface area contributed by atoms with E-state index in [1.54, 1.807) is 13.0 Å². The number of hydrogen-bond donors (Lipinski definition) is 2. The van der Waals surface area contributed by atoms with E-state index in [0.717, 1.165) is 13.0 Å². The van der Waals surface area contributed by atoms with Gasteiger partial charge in [0.25, 0.3) is 5.91 Å². The maximum Gasteiger partial charge on any atom is 0.257 e. The van der Waals surface area contributed by atoms with Crippen molar-refractivity contribution in [2.75, 3.05) is 20.1 Å². The molecule has 0 saturated carbocycles. The minimum absolute atomic E-state index is 0.195. The van der Waals surface area contributed by atoms with Gasteiger partial charge in [0, 0.05) is 12.1 Å². The maximum absolute atomic E-state index is 12.3. The van der Waals surface area contributed by atoms with Crippen LogP contribution in [0.3, 0.4) is 0 Å². The highest BCUT2D eigenvalue weighted by Gasteiger charge is 2.22. The lowest BCUT2D eigenvalue weighted by Gasteiger charge is -2.06. The van der Waals surface area contributed by atoms with Gasteiger partial charge in [-0.1, -0.05) is 35.0 Å². The summed E-state index contributed by atoms with van der Waals surface area (Å²) in [7, 11) is 1.88. The molecule has 1 aromatic carbocycles. The summed E-state index contributed by atoms with van der Waals surface area (Å²) in [5, 5.41) is 10.4. The number of hydrogen-bond acceptors (Lipinski definition) is 4. The summed E-state index contributed by atoms with van der Waals surface area (Å²) < 4.78 is 5.17. The topological polar surface area (TPSA) is 67.2 Å². The Kier molecular flexibility index (Phi) is 5.36. The molecule has 0 spiro atoms. The summed E-state index contributed by atoms with van der Waals surface area (Å²) in [6.45, 7) is 3.16. The van der Waals surface area contributed by atoms with Gasteiger partial charge in [-0.05, 0) is 33.0 Å². The Morgan fingerprint density at radius 3 is 2.81 bits per heavy atom. The van der Waals surface area contributed by atoms with Crippen LogP contribution in [0.2, 0.25) is 5.02 Å². The Labute approximate surface area is 128 Å². The predicted octanol–water partition coefficient (Wildman–Crippen LogP) is 2.64. The highest BCUT2D eigenvalue weighted by molar-refractivity contribution is 6.33. The van der Waals surface area contributed by atoms with E-state index in [2.05, 4.69) is 15.8 Å². The summed E-state index contributed by atoms with van der Waals surface area (Å²) >= 11 is 6.17. The largest absolute Gasteiger partial charge is 0.360 e. The molecule has 1 amide bonds. The van der Waals surface area contributed by atoms with Crippen LogP contribution in [0.15, 0.2) is 28.8 Å². The van der Waals surface area contributed by atoms with Crippen LogP contribution in [0.4, 0.5) is 0 Å². The molecule has 6 heteroatoms. The minimum Gasteiger partial charge on any atom is -0.360 e. The summed E-state index contributed by atoms with van der Waals surface area (Å²) in [5.41, 5.74) is 1.60. The van der Waals surface area contributed by atoms with E-state index in [4.69, 9.17) is 16.1 Å². The van der Waals surface area contributed by atoms with Crippen LogP contribution in [0.25, 0.3) is 11.3 Å². The highest BCUT2D eigenvalue weighted by atomic mass is 35.5. The third kappa shape index (κ3) is 3.62. The molecule has 2 N–H and O–H groups in total. The van der Waals surface area contributed by atoms with E-state index < -0.39 is 0 Å². The summed E-state index contributed by atoms with van der Waals surface area (Å²) in [5.74, 6) is 0.288. The molecular formula is C15H18ClN3O2. The van der Waals surface area contributed by atoms with Crippen molar-refractivity contribution >= 4 is 17.5 Å². The lowest BCUT2D eigenvalue weighted by Crippen LogP contribution is -2.27. The van der Waals surface area contributed by atoms with E-state index in [1.807, 2.05) is 25.2 Å². The SMILES string of the molecule is CNCCCNC(=O)c1c(-c2ccccc2Cl)noc1C. The van der Waals surface area contributed by atoms with Crippen molar-refractivity contribution in [2.24, 2.45) is 0 Å². The molecule has 5 nitrogen and oxygen atoms in total. The number of amides is 1. The van der Waals surface area contributed by atoms with E-state index in [9.17, 15) is 4.79 Å². The fraction of sp³-hybridized carbons (Fsp3) is 0.333. The third-order valence-corrected chi connectivity index (χ3v) is 3.44. The van der Waals surface area contributed by atoms with Crippen molar-refractivity contribution in [2.45, 2.75) is 13.3 Å². The van der Waals surface area contributed by atoms with Gasteiger partial charge in [-0.25, -0.2) is 0 Å². The summed E-state index contributed by atoms with van der Waals surface area (Å²) in [4.78, 5) is 12.3. The average molecular weight is 308 g/mol. The number of halogens is 1. The van der Waals surface area contributed by atoms with E-state index in [-0.39, 0.29) is 5.91 Å². The zero-order valence-electron chi connectivity index (χ0n) is 12.1. The van der Waals surface area contributed by atoms with Crippen molar-refractivity contribution in [3.8, 4) is 11.3 Å². The zero-order valence-corrected chi connectivity index (χ0v) is 12.8. The van der Waals surface area contributed by atoms with Crippen LogP contribution >= 0.6 is 11.6 Å². The summed E-state index contributed by atoms with van der Waals surface area (Å²) in [6, 6.07) is 7.25. The lowest BCUT2D eigenvalue weighted by molar-refractivity contribution is 0.0952. The van der Waals surface area contributed by atoms with Crippen molar-refractivity contribution in [1.82, 2.24) is 15.8 Å². The van der Waals surface area contributed by atoms with Crippen molar-refractivity contribution in [3.05, 3.63) is 40.6 Å². The average Bonchev–Trinajstić information content (AvgIpc) is 2.85. The second-order valence-corrected chi connectivity index (χ2v) is 5.06. The Hall–Kier alpha value is -1.85. The van der Waals surface area contributed by atoms with Crippen LogP contribution in [0, 0.1) is 6.92 Å². The number of aryl methyl sites for hydroxylation is 1. The van der Waals surface area contributed by atoms with Gasteiger partial charge in [0.1, 0.15) is 17.0 Å². The second kappa shape index (κ2) is 7.24. The molecule has 0 aliphatic rings. The van der Waals surface area contributed by atoms with Crippen molar-refractivity contribution in [3.63, 3.8) is 0 Å². The molecular weight excluding hydrogens is 290 g/mol. The first-order valence-corrected chi connectivity index (χ1v) is 7.17. The van der Waals surface area contributed by atoms with Crippen LogP contribution in [0.1, 0.15) is 22.5 Å². The molecule has 0 aliphatic carbocycles. The number of carbonyl (C=O) groups excluding carboxylic acids is 1. The third-order valence-electron chi connectivity index (χ3n) is 3.11. The standard InChI is InChI=1S/C15H18ClN3O2/c1-10-13(15(20)18-9-5-8-17-2)14(19-21-10)11-6-3-4-7-12(11)16/h3-4,6-7,17H,5,8-9H2,1-2H3,(H,18,20). The molecule has 0 bridgehead atoms. The number of rotatable bonds is 6. The van der Waals surface area contributed by atoms with E-state index in [0.29, 0.717) is 34.1 Å². The lowest BCUT2D eigenvalue weighted by atomic mass is 10.1. The Morgan fingerprint density at radius 2 is 2.10 bits per heavy atom. The molecule has 0 aliphatic heterocycles. The number of nitrogens with zero attached hydrogens (tertiary/aromatic N) is 1. The molecule has 112 valence electrons. The molecule has 21 heavy (non-hydrogen) atoms. The maximum atomic E-state index is 12.3.